The van der Waals surface area contributed by atoms with Gasteiger partial charge in [-0.2, -0.15) is 0 Å². The summed E-state index contributed by atoms with van der Waals surface area (Å²) in [5.41, 5.74) is -0.0351. The molecule has 0 bridgehead atoms. The molecule has 0 aliphatic carbocycles. The number of hydrogen-bond donors (Lipinski definition) is 2. The van der Waals surface area contributed by atoms with Crippen LogP contribution in [-0.2, 0) is 11.8 Å². The van der Waals surface area contributed by atoms with Crippen LogP contribution in [0.25, 0.3) is 0 Å². The molecule has 0 unspecified atom stereocenters. The van der Waals surface area contributed by atoms with E-state index in [1.807, 2.05) is 0 Å². The number of hydrogen-bond acceptors (Lipinski definition) is 2. The number of nitrogens with one attached hydrogen (secondary N) is 2. The average molecular weight is 141 g/mol. The summed E-state index contributed by atoms with van der Waals surface area (Å²) in [6.07, 6.45) is 1.96. The van der Waals surface area contributed by atoms with Gasteiger partial charge in [0.05, 0.1) is 6.20 Å². The van der Waals surface area contributed by atoms with Crippen molar-refractivity contribution in [3.8, 4) is 0 Å². The second kappa shape index (κ2) is 2.38. The first kappa shape index (κ1) is 6.60. The zero-order chi connectivity index (χ0) is 7.56. The zero-order valence-electron chi connectivity index (χ0n) is 5.42. The lowest BCUT2D eigenvalue weighted by atomic mass is 10.6. The molecule has 5 heteroatoms. The maximum absolute atomic E-state index is 10.7. The van der Waals surface area contributed by atoms with Gasteiger partial charge in [0.1, 0.15) is 5.69 Å². The molecule has 1 heterocycles. The molecular weight excluding hydrogens is 134 g/mol. The van der Waals surface area contributed by atoms with Crippen LogP contribution in [0.3, 0.4) is 0 Å². The molecule has 1 aromatic rings. The Labute approximate surface area is 56.6 Å². The van der Waals surface area contributed by atoms with Gasteiger partial charge in [0.25, 0.3) is 5.56 Å². The van der Waals surface area contributed by atoms with Crippen LogP contribution in [0.4, 0.5) is 5.69 Å². The molecule has 10 heavy (non-hydrogen) atoms. The Morgan fingerprint density at radius 1 is 1.80 bits per heavy atom. The molecule has 1 aromatic heterocycles. The maximum atomic E-state index is 10.7. The third-order valence-electron chi connectivity index (χ3n) is 1.06. The van der Waals surface area contributed by atoms with E-state index >= 15 is 0 Å². The summed E-state index contributed by atoms with van der Waals surface area (Å²) in [7, 11) is 1.66. The molecule has 0 radical (unpaired) electrons. The van der Waals surface area contributed by atoms with Gasteiger partial charge in [-0.25, -0.2) is 0 Å². The number of aromatic amines is 1. The van der Waals surface area contributed by atoms with Gasteiger partial charge in [0.2, 0.25) is 6.41 Å². The lowest BCUT2D eigenvalue weighted by molar-refractivity contribution is -0.105. The summed E-state index contributed by atoms with van der Waals surface area (Å²) in [6, 6.07) is 0. The van der Waals surface area contributed by atoms with Crippen molar-refractivity contribution in [2.45, 2.75) is 0 Å². The molecule has 0 aliphatic heterocycles. The molecule has 0 aromatic carbocycles. The second-order valence-corrected chi connectivity index (χ2v) is 1.86. The van der Waals surface area contributed by atoms with Crippen LogP contribution in [0.5, 0.6) is 0 Å². The van der Waals surface area contributed by atoms with E-state index in [2.05, 4.69) is 10.4 Å². The van der Waals surface area contributed by atoms with E-state index in [0.29, 0.717) is 6.41 Å². The summed E-state index contributed by atoms with van der Waals surface area (Å²) in [5, 5.41) is 4.68. The number of carbonyl (C=O) groups is 1. The SMILES string of the molecule is Cn1cc(NC=O)c(=O)[nH]1. The van der Waals surface area contributed by atoms with Gasteiger partial charge in [0, 0.05) is 7.05 Å². The fraction of sp³-hybridized carbons (Fsp3) is 0.200. The summed E-state index contributed by atoms with van der Waals surface area (Å²) in [5.74, 6) is 0. The molecule has 0 spiro atoms. The number of carbonyl (C=O) groups excluding carboxylic acids is 1. The Morgan fingerprint density at radius 2 is 2.50 bits per heavy atom. The van der Waals surface area contributed by atoms with E-state index in [9.17, 15) is 9.59 Å². The highest BCUT2D eigenvalue weighted by Gasteiger charge is 1.97. The molecule has 0 aliphatic rings. The molecule has 0 atom stereocenters. The predicted molar refractivity (Wildman–Crippen MR) is 35.7 cm³/mol. The Kier molecular flexibility index (Phi) is 1.57. The minimum Gasteiger partial charge on any atom is -0.323 e. The van der Waals surface area contributed by atoms with Crippen LogP contribution in [0, 0.1) is 0 Å². The van der Waals surface area contributed by atoms with E-state index in [1.54, 1.807) is 7.05 Å². The molecule has 0 saturated carbocycles. The van der Waals surface area contributed by atoms with Crippen molar-refractivity contribution in [2.24, 2.45) is 7.05 Å². The van der Waals surface area contributed by atoms with E-state index in [4.69, 9.17) is 0 Å². The highest BCUT2D eigenvalue weighted by Crippen LogP contribution is 1.92. The number of aromatic nitrogens is 2. The first-order valence-corrected chi connectivity index (χ1v) is 2.70. The number of H-pyrrole nitrogens is 1. The van der Waals surface area contributed by atoms with E-state index < -0.39 is 0 Å². The number of aryl methyl sites for hydroxylation is 1. The topological polar surface area (TPSA) is 66.9 Å². The van der Waals surface area contributed by atoms with Crippen molar-refractivity contribution < 1.29 is 4.79 Å². The molecule has 0 saturated heterocycles. The Morgan fingerprint density at radius 3 is 2.90 bits per heavy atom. The standard InChI is InChI=1S/C5H7N3O2/c1-8-2-4(6-3-9)5(10)7-8/h2-3H,1H3,(H,6,9)(H,7,10). The quantitative estimate of drug-likeness (QED) is 0.534. The average Bonchev–Trinajstić information content (AvgIpc) is 2.13. The Bertz CT molecular complexity index is 285. The van der Waals surface area contributed by atoms with Crippen LogP contribution in [0.2, 0.25) is 0 Å². The van der Waals surface area contributed by atoms with E-state index in [0.717, 1.165) is 0 Å². The zero-order valence-corrected chi connectivity index (χ0v) is 5.42. The molecular formula is C5H7N3O2. The van der Waals surface area contributed by atoms with Crippen LogP contribution in [0.15, 0.2) is 11.0 Å². The van der Waals surface area contributed by atoms with E-state index in [1.165, 1.54) is 10.9 Å². The minimum absolute atomic E-state index is 0.262. The van der Waals surface area contributed by atoms with Crippen LogP contribution in [-0.4, -0.2) is 16.2 Å². The monoisotopic (exact) mass is 141 g/mol. The van der Waals surface area contributed by atoms with Gasteiger partial charge in [0.15, 0.2) is 0 Å². The van der Waals surface area contributed by atoms with Crippen molar-refractivity contribution >= 4 is 12.1 Å². The predicted octanol–water partition coefficient (Wildman–Crippen LogP) is -0.718. The van der Waals surface area contributed by atoms with Crippen LogP contribution < -0.4 is 10.9 Å². The summed E-state index contributed by atoms with van der Waals surface area (Å²) < 4.78 is 1.47. The largest absolute Gasteiger partial charge is 0.323 e. The number of anilines is 1. The van der Waals surface area contributed by atoms with Gasteiger partial charge < -0.3 is 5.32 Å². The van der Waals surface area contributed by atoms with Crippen molar-refractivity contribution in [2.75, 3.05) is 5.32 Å². The van der Waals surface area contributed by atoms with Gasteiger partial charge in [-0.05, 0) is 0 Å². The third kappa shape index (κ3) is 1.07. The molecule has 2 N–H and O–H groups in total. The fourth-order valence-corrected chi connectivity index (χ4v) is 0.671. The molecule has 0 fully saturated rings. The van der Waals surface area contributed by atoms with Gasteiger partial charge in [-0.15, -0.1) is 0 Å². The highest BCUT2D eigenvalue weighted by atomic mass is 16.1. The maximum Gasteiger partial charge on any atom is 0.287 e. The lowest BCUT2D eigenvalue weighted by Crippen LogP contribution is -2.07. The fourth-order valence-electron chi connectivity index (χ4n) is 0.671. The molecule has 1 amide bonds. The summed E-state index contributed by atoms with van der Waals surface area (Å²) in [4.78, 5) is 20.6. The van der Waals surface area contributed by atoms with Gasteiger partial charge >= 0.3 is 0 Å². The van der Waals surface area contributed by atoms with Gasteiger partial charge in [-0.3, -0.25) is 19.4 Å². The first-order chi connectivity index (χ1) is 4.74. The van der Waals surface area contributed by atoms with Gasteiger partial charge in [-0.1, -0.05) is 0 Å². The number of nitrogens with zero attached hydrogens (tertiary/aromatic N) is 1. The third-order valence-corrected chi connectivity index (χ3v) is 1.06. The second-order valence-electron chi connectivity index (χ2n) is 1.86. The van der Waals surface area contributed by atoms with Crippen LogP contribution >= 0.6 is 0 Å². The van der Waals surface area contributed by atoms with E-state index in [-0.39, 0.29) is 11.2 Å². The van der Waals surface area contributed by atoms with Crippen LogP contribution in [0.1, 0.15) is 0 Å². The molecule has 54 valence electrons. The lowest BCUT2D eigenvalue weighted by Gasteiger charge is -1.85. The Hall–Kier alpha value is -1.52. The number of rotatable bonds is 2. The first-order valence-electron chi connectivity index (χ1n) is 2.70. The van der Waals surface area contributed by atoms with Crippen molar-refractivity contribution in [1.82, 2.24) is 9.78 Å². The smallest absolute Gasteiger partial charge is 0.287 e. The normalized spacial score (nSPS) is 9.30. The van der Waals surface area contributed by atoms with Crippen molar-refractivity contribution in [3.05, 3.63) is 16.6 Å². The van der Waals surface area contributed by atoms with Crippen molar-refractivity contribution in [3.63, 3.8) is 0 Å². The number of amides is 1. The molecule has 1 rings (SSSR count). The molecule has 5 nitrogen and oxygen atoms in total. The summed E-state index contributed by atoms with van der Waals surface area (Å²) in [6.45, 7) is 0. The Balaban J connectivity index is 3.03. The summed E-state index contributed by atoms with van der Waals surface area (Å²) >= 11 is 0. The highest BCUT2D eigenvalue weighted by molar-refractivity contribution is 5.69. The van der Waals surface area contributed by atoms with Crippen molar-refractivity contribution in [1.29, 1.82) is 0 Å². The minimum atomic E-state index is -0.297.